The third-order valence-corrected chi connectivity index (χ3v) is 2.22. The SMILES string of the molecule is CCC(NC(=O)Nc1ccccc1N)C(=O)O. The van der Waals surface area contributed by atoms with Gasteiger partial charge in [-0.2, -0.15) is 0 Å². The number of nitrogens with two attached hydrogens (primary N) is 1. The molecule has 0 aromatic heterocycles. The van der Waals surface area contributed by atoms with Crippen molar-refractivity contribution in [3.05, 3.63) is 24.3 Å². The summed E-state index contributed by atoms with van der Waals surface area (Å²) in [6.45, 7) is 1.68. The standard InChI is InChI=1S/C11H15N3O3/c1-2-8(10(15)16)13-11(17)14-9-6-4-3-5-7(9)12/h3-6,8H,2,12H2,1H3,(H,15,16)(H2,13,14,17). The maximum Gasteiger partial charge on any atom is 0.326 e. The van der Waals surface area contributed by atoms with Crippen molar-refractivity contribution in [1.29, 1.82) is 0 Å². The van der Waals surface area contributed by atoms with Crippen LogP contribution >= 0.6 is 0 Å². The quantitative estimate of drug-likeness (QED) is 0.591. The largest absolute Gasteiger partial charge is 0.480 e. The highest BCUT2D eigenvalue weighted by Gasteiger charge is 2.17. The molecule has 0 aliphatic carbocycles. The zero-order valence-electron chi connectivity index (χ0n) is 9.43. The average Bonchev–Trinajstić information content (AvgIpc) is 2.28. The van der Waals surface area contributed by atoms with Crippen molar-refractivity contribution in [1.82, 2.24) is 5.32 Å². The van der Waals surface area contributed by atoms with Gasteiger partial charge in [-0.25, -0.2) is 9.59 Å². The van der Waals surface area contributed by atoms with Gasteiger partial charge in [0, 0.05) is 0 Å². The molecule has 0 saturated heterocycles. The molecule has 0 heterocycles. The third-order valence-electron chi connectivity index (χ3n) is 2.22. The molecule has 2 amide bonds. The van der Waals surface area contributed by atoms with Crippen LogP contribution in [0.3, 0.4) is 0 Å². The molecule has 0 bridgehead atoms. The molecule has 0 aliphatic heterocycles. The molecule has 1 aromatic carbocycles. The van der Waals surface area contributed by atoms with Crippen LogP contribution in [-0.4, -0.2) is 23.1 Å². The lowest BCUT2D eigenvalue weighted by molar-refractivity contribution is -0.139. The van der Waals surface area contributed by atoms with Crippen LogP contribution in [-0.2, 0) is 4.79 Å². The van der Waals surface area contributed by atoms with E-state index in [-0.39, 0.29) is 0 Å². The number of hydrogen-bond donors (Lipinski definition) is 4. The number of benzene rings is 1. The first-order valence-electron chi connectivity index (χ1n) is 5.19. The van der Waals surface area contributed by atoms with Crippen LogP contribution < -0.4 is 16.4 Å². The molecule has 0 radical (unpaired) electrons. The summed E-state index contributed by atoms with van der Waals surface area (Å²) in [6.07, 6.45) is 0.313. The Morgan fingerprint density at radius 2 is 2.06 bits per heavy atom. The fourth-order valence-corrected chi connectivity index (χ4v) is 1.27. The topological polar surface area (TPSA) is 104 Å². The Morgan fingerprint density at radius 3 is 2.59 bits per heavy atom. The number of rotatable bonds is 4. The lowest BCUT2D eigenvalue weighted by atomic mass is 10.2. The molecular weight excluding hydrogens is 222 g/mol. The molecule has 92 valence electrons. The van der Waals surface area contributed by atoms with Crippen molar-refractivity contribution in [2.75, 3.05) is 11.1 Å². The molecule has 0 spiro atoms. The molecular formula is C11H15N3O3. The third kappa shape index (κ3) is 3.67. The summed E-state index contributed by atoms with van der Waals surface area (Å²) in [5.74, 6) is -1.07. The van der Waals surface area contributed by atoms with E-state index < -0.39 is 18.0 Å². The minimum Gasteiger partial charge on any atom is -0.480 e. The molecule has 1 aromatic rings. The Balaban J connectivity index is 2.61. The number of hydrogen-bond acceptors (Lipinski definition) is 3. The Kier molecular flexibility index (Phi) is 4.33. The van der Waals surface area contributed by atoms with E-state index in [1.54, 1.807) is 31.2 Å². The monoisotopic (exact) mass is 237 g/mol. The lowest BCUT2D eigenvalue weighted by Crippen LogP contribution is -2.42. The molecule has 6 nitrogen and oxygen atoms in total. The lowest BCUT2D eigenvalue weighted by Gasteiger charge is -2.13. The predicted molar refractivity (Wildman–Crippen MR) is 64.7 cm³/mol. The van der Waals surface area contributed by atoms with Crippen molar-refractivity contribution in [3.8, 4) is 0 Å². The van der Waals surface area contributed by atoms with Gasteiger partial charge in [0.25, 0.3) is 0 Å². The number of aliphatic carboxylic acids is 1. The van der Waals surface area contributed by atoms with E-state index in [0.29, 0.717) is 17.8 Å². The summed E-state index contributed by atoms with van der Waals surface area (Å²) in [5, 5.41) is 13.6. The van der Waals surface area contributed by atoms with Crippen LogP contribution in [0.25, 0.3) is 0 Å². The van der Waals surface area contributed by atoms with E-state index in [9.17, 15) is 9.59 Å². The molecule has 1 atom stereocenters. The van der Waals surface area contributed by atoms with Crippen molar-refractivity contribution in [3.63, 3.8) is 0 Å². The van der Waals surface area contributed by atoms with Gasteiger partial charge in [-0.05, 0) is 18.6 Å². The minimum absolute atomic E-state index is 0.313. The van der Waals surface area contributed by atoms with E-state index in [1.165, 1.54) is 0 Å². The second kappa shape index (κ2) is 5.74. The number of nitrogen functional groups attached to an aromatic ring is 1. The van der Waals surface area contributed by atoms with Crippen molar-refractivity contribution >= 4 is 23.4 Å². The van der Waals surface area contributed by atoms with Crippen LogP contribution in [0.5, 0.6) is 0 Å². The van der Waals surface area contributed by atoms with Crippen LogP contribution in [0, 0.1) is 0 Å². The van der Waals surface area contributed by atoms with Crippen molar-refractivity contribution in [2.45, 2.75) is 19.4 Å². The van der Waals surface area contributed by atoms with E-state index in [0.717, 1.165) is 0 Å². The normalized spacial score (nSPS) is 11.6. The van der Waals surface area contributed by atoms with Gasteiger partial charge < -0.3 is 21.5 Å². The van der Waals surface area contributed by atoms with Gasteiger partial charge in [0.1, 0.15) is 6.04 Å². The second-order valence-corrected chi connectivity index (χ2v) is 3.48. The second-order valence-electron chi connectivity index (χ2n) is 3.48. The highest BCUT2D eigenvalue weighted by atomic mass is 16.4. The zero-order chi connectivity index (χ0) is 12.8. The molecule has 1 unspecified atom stereocenters. The van der Waals surface area contributed by atoms with E-state index >= 15 is 0 Å². The first-order chi connectivity index (χ1) is 8.04. The number of carboxylic acid groups (broad SMARTS) is 1. The van der Waals surface area contributed by atoms with Crippen LogP contribution in [0.1, 0.15) is 13.3 Å². The number of para-hydroxylation sites is 2. The highest BCUT2D eigenvalue weighted by molar-refractivity contribution is 5.94. The summed E-state index contributed by atoms with van der Waals surface area (Å²) >= 11 is 0. The minimum atomic E-state index is -1.07. The van der Waals surface area contributed by atoms with E-state index in [4.69, 9.17) is 10.8 Å². The first kappa shape index (κ1) is 12.8. The van der Waals surface area contributed by atoms with Crippen LogP contribution in [0.4, 0.5) is 16.2 Å². The van der Waals surface area contributed by atoms with Crippen LogP contribution in [0.15, 0.2) is 24.3 Å². The fraction of sp³-hybridized carbons (Fsp3) is 0.273. The number of carbonyl (C=O) groups excluding carboxylic acids is 1. The Morgan fingerprint density at radius 1 is 1.41 bits per heavy atom. The van der Waals surface area contributed by atoms with Crippen LogP contribution in [0.2, 0.25) is 0 Å². The summed E-state index contributed by atoms with van der Waals surface area (Å²) in [5.41, 5.74) is 6.50. The smallest absolute Gasteiger partial charge is 0.326 e. The Hall–Kier alpha value is -2.24. The number of carboxylic acids is 1. The predicted octanol–water partition coefficient (Wildman–Crippen LogP) is 1.25. The van der Waals surface area contributed by atoms with E-state index in [1.807, 2.05) is 0 Å². The molecule has 5 N–H and O–H groups in total. The summed E-state index contributed by atoms with van der Waals surface area (Å²) in [7, 11) is 0. The van der Waals surface area contributed by atoms with Gasteiger partial charge >= 0.3 is 12.0 Å². The summed E-state index contributed by atoms with van der Waals surface area (Å²) in [6, 6.07) is 5.25. The maximum absolute atomic E-state index is 11.5. The fourth-order valence-electron chi connectivity index (χ4n) is 1.27. The maximum atomic E-state index is 11.5. The Bertz CT molecular complexity index is 420. The molecule has 17 heavy (non-hydrogen) atoms. The highest BCUT2D eigenvalue weighted by Crippen LogP contribution is 2.16. The molecule has 0 fully saturated rings. The number of amides is 2. The van der Waals surface area contributed by atoms with Crippen molar-refractivity contribution < 1.29 is 14.7 Å². The zero-order valence-corrected chi connectivity index (χ0v) is 9.43. The number of nitrogens with one attached hydrogen (secondary N) is 2. The van der Waals surface area contributed by atoms with Gasteiger partial charge in [0.2, 0.25) is 0 Å². The number of anilines is 2. The average molecular weight is 237 g/mol. The van der Waals surface area contributed by atoms with Gasteiger partial charge in [-0.3, -0.25) is 0 Å². The van der Waals surface area contributed by atoms with Gasteiger partial charge in [-0.1, -0.05) is 19.1 Å². The number of urea groups is 1. The first-order valence-corrected chi connectivity index (χ1v) is 5.19. The van der Waals surface area contributed by atoms with E-state index in [2.05, 4.69) is 10.6 Å². The molecule has 6 heteroatoms. The van der Waals surface area contributed by atoms with Gasteiger partial charge in [0.05, 0.1) is 11.4 Å². The summed E-state index contributed by atoms with van der Waals surface area (Å²) in [4.78, 5) is 22.2. The van der Waals surface area contributed by atoms with Gasteiger partial charge in [-0.15, -0.1) is 0 Å². The summed E-state index contributed by atoms with van der Waals surface area (Å²) < 4.78 is 0. The molecule has 0 saturated carbocycles. The van der Waals surface area contributed by atoms with Crippen molar-refractivity contribution in [2.24, 2.45) is 0 Å². The molecule has 1 rings (SSSR count). The van der Waals surface area contributed by atoms with Gasteiger partial charge in [0.15, 0.2) is 0 Å². The number of carbonyl (C=O) groups is 2. The Labute approximate surface area is 98.8 Å². The molecule has 0 aliphatic rings.